The SMILES string of the molecule is CC/C(=N/NC(=S)NC[C@H]1CCCO1)c1cccs1. The molecular weight excluding hydrogens is 278 g/mol. The Morgan fingerprint density at radius 3 is 3.16 bits per heavy atom. The maximum absolute atomic E-state index is 5.52. The summed E-state index contributed by atoms with van der Waals surface area (Å²) in [6, 6.07) is 4.09. The molecule has 0 saturated carbocycles. The van der Waals surface area contributed by atoms with Crippen LogP contribution in [0, 0.1) is 0 Å². The highest BCUT2D eigenvalue weighted by Gasteiger charge is 2.15. The Labute approximate surface area is 123 Å². The predicted molar refractivity (Wildman–Crippen MR) is 83.9 cm³/mol. The molecule has 1 fully saturated rings. The average Bonchev–Trinajstić information content (AvgIpc) is 3.10. The Hall–Kier alpha value is -0.980. The number of hydrogen-bond acceptors (Lipinski definition) is 4. The van der Waals surface area contributed by atoms with Crippen molar-refractivity contribution < 1.29 is 4.74 Å². The minimum atomic E-state index is 0.284. The first-order chi connectivity index (χ1) is 9.29. The molecule has 1 atom stereocenters. The van der Waals surface area contributed by atoms with E-state index in [2.05, 4.69) is 34.2 Å². The number of thiophene rings is 1. The standard InChI is InChI=1S/C13H19N3OS2/c1-2-11(12-6-4-8-19-12)15-16-13(18)14-9-10-5-3-7-17-10/h4,6,8,10H,2-3,5,7,9H2,1H3,(H2,14,16,18)/b15-11-/t10-/m1/s1. The number of nitrogens with zero attached hydrogens (tertiary/aromatic N) is 1. The van der Waals surface area contributed by atoms with Crippen LogP contribution in [-0.4, -0.2) is 30.1 Å². The first-order valence-electron chi connectivity index (χ1n) is 6.55. The molecule has 6 heteroatoms. The van der Waals surface area contributed by atoms with Crippen LogP contribution in [0.2, 0.25) is 0 Å². The quantitative estimate of drug-likeness (QED) is 0.498. The fourth-order valence-electron chi connectivity index (χ4n) is 1.92. The predicted octanol–water partition coefficient (Wildman–Crippen LogP) is 2.51. The van der Waals surface area contributed by atoms with Crippen LogP contribution in [0.25, 0.3) is 0 Å². The fourth-order valence-corrected chi connectivity index (χ4v) is 2.84. The van der Waals surface area contributed by atoms with Crippen molar-refractivity contribution >= 4 is 34.4 Å². The van der Waals surface area contributed by atoms with Crippen LogP contribution in [0.3, 0.4) is 0 Å². The van der Waals surface area contributed by atoms with Gasteiger partial charge in [0.2, 0.25) is 0 Å². The molecule has 4 nitrogen and oxygen atoms in total. The Bertz CT molecular complexity index is 425. The van der Waals surface area contributed by atoms with Gasteiger partial charge in [0.05, 0.1) is 16.7 Å². The number of hydrogen-bond donors (Lipinski definition) is 2. The summed E-state index contributed by atoms with van der Waals surface area (Å²) in [6.45, 7) is 3.70. The fraction of sp³-hybridized carbons (Fsp3) is 0.538. The second kappa shape index (κ2) is 7.57. The number of thiocarbonyl (C=S) groups is 1. The van der Waals surface area contributed by atoms with Gasteiger partial charge >= 0.3 is 0 Å². The Morgan fingerprint density at radius 2 is 2.53 bits per heavy atom. The number of rotatable bonds is 5. The topological polar surface area (TPSA) is 45.7 Å². The van der Waals surface area contributed by atoms with Gasteiger partial charge in [0.1, 0.15) is 0 Å². The first-order valence-corrected chi connectivity index (χ1v) is 7.84. The van der Waals surface area contributed by atoms with E-state index >= 15 is 0 Å². The van der Waals surface area contributed by atoms with Gasteiger partial charge in [-0.2, -0.15) is 5.10 Å². The maximum Gasteiger partial charge on any atom is 0.187 e. The van der Waals surface area contributed by atoms with E-state index in [0.29, 0.717) is 5.11 Å². The van der Waals surface area contributed by atoms with Crippen LogP contribution >= 0.6 is 23.6 Å². The summed E-state index contributed by atoms with van der Waals surface area (Å²) in [7, 11) is 0. The van der Waals surface area contributed by atoms with Crippen molar-refractivity contribution in [2.75, 3.05) is 13.2 Å². The molecule has 0 amide bonds. The lowest BCUT2D eigenvalue weighted by molar-refractivity contribution is 0.114. The third-order valence-electron chi connectivity index (χ3n) is 2.95. The van der Waals surface area contributed by atoms with Crippen molar-refractivity contribution in [3.8, 4) is 0 Å². The first kappa shape index (κ1) is 14.4. The molecule has 2 N–H and O–H groups in total. The summed E-state index contributed by atoms with van der Waals surface area (Å²) in [4.78, 5) is 1.18. The molecular formula is C13H19N3OS2. The lowest BCUT2D eigenvalue weighted by atomic mass is 10.2. The second-order valence-electron chi connectivity index (χ2n) is 4.35. The molecule has 1 saturated heterocycles. The monoisotopic (exact) mass is 297 g/mol. The van der Waals surface area contributed by atoms with Gasteiger partial charge in [-0.25, -0.2) is 0 Å². The zero-order valence-corrected chi connectivity index (χ0v) is 12.6. The molecule has 1 aromatic rings. The van der Waals surface area contributed by atoms with Gasteiger partial charge in [0.25, 0.3) is 0 Å². The van der Waals surface area contributed by atoms with Crippen molar-refractivity contribution in [1.82, 2.24) is 10.7 Å². The largest absolute Gasteiger partial charge is 0.376 e. The van der Waals surface area contributed by atoms with Gasteiger partial charge in [-0.15, -0.1) is 11.3 Å². The summed E-state index contributed by atoms with van der Waals surface area (Å²) in [5, 5.41) is 10.1. The number of nitrogens with one attached hydrogen (secondary N) is 2. The highest BCUT2D eigenvalue weighted by molar-refractivity contribution is 7.80. The normalized spacial score (nSPS) is 19.4. The smallest absolute Gasteiger partial charge is 0.187 e. The zero-order chi connectivity index (χ0) is 13.5. The summed E-state index contributed by atoms with van der Waals surface area (Å²) < 4.78 is 5.52. The lowest BCUT2D eigenvalue weighted by Crippen LogP contribution is -2.37. The van der Waals surface area contributed by atoms with E-state index in [1.165, 1.54) is 4.88 Å². The Morgan fingerprint density at radius 1 is 1.63 bits per heavy atom. The van der Waals surface area contributed by atoms with Gasteiger partial charge in [-0.05, 0) is 42.9 Å². The molecule has 0 spiro atoms. The molecule has 0 aromatic carbocycles. The molecule has 1 aliphatic heterocycles. The van der Waals surface area contributed by atoms with Crippen LogP contribution in [-0.2, 0) is 4.74 Å². The van der Waals surface area contributed by atoms with Crippen molar-refractivity contribution in [1.29, 1.82) is 0 Å². The van der Waals surface area contributed by atoms with E-state index < -0.39 is 0 Å². The molecule has 1 aromatic heterocycles. The van der Waals surface area contributed by atoms with Gasteiger partial charge in [0.15, 0.2) is 5.11 Å². The van der Waals surface area contributed by atoms with Crippen molar-refractivity contribution in [2.45, 2.75) is 32.3 Å². The molecule has 104 valence electrons. The summed E-state index contributed by atoms with van der Waals surface area (Å²) >= 11 is 6.89. The van der Waals surface area contributed by atoms with Gasteiger partial charge in [0, 0.05) is 13.2 Å². The minimum Gasteiger partial charge on any atom is -0.376 e. The van der Waals surface area contributed by atoms with Crippen molar-refractivity contribution in [3.63, 3.8) is 0 Å². The van der Waals surface area contributed by atoms with Gasteiger partial charge < -0.3 is 10.1 Å². The van der Waals surface area contributed by atoms with Crippen LogP contribution in [0.15, 0.2) is 22.6 Å². The minimum absolute atomic E-state index is 0.284. The van der Waals surface area contributed by atoms with Gasteiger partial charge in [-0.1, -0.05) is 13.0 Å². The van der Waals surface area contributed by atoms with E-state index in [-0.39, 0.29) is 6.10 Å². The molecule has 19 heavy (non-hydrogen) atoms. The molecule has 0 radical (unpaired) electrons. The Balaban J connectivity index is 1.77. The second-order valence-corrected chi connectivity index (χ2v) is 5.70. The summed E-state index contributed by atoms with van der Waals surface area (Å²) in [6.07, 6.45) is 3.41. The van der Waals surface area contributed by atoms with Crippen LogP contribution < -0.4 is 10.7 Å². The number of hydrazone groups is 1. The zero-order valence-electron chi connectivity index (χ0n) is 11.0. The lowest BCUT2D eigenvalue weighted by Gasteiger charge is -2.12. The van der Waals surface area contributed by atoms with E-state index in [0.717, 1.165) is 38.1 Å². The third-order valence-corrected chi connectivity index (χ3v) is 4.10. The van der Waals surface area contributed by atoms with E-state index in [1.807, 2.05) is 6.07 Å². The van der Waals surface area contributed by atoms with Crippen LogP contribution in [0.1, 0.15) is 31.1 Å². The van der Waals surface area contributed by atoms with Crippen molar-refractivity contribution in [3.05, 3.63) is 22.4 Å². The summed E-state index contributed by atoms with van der Waals surface area (Å²) in [5.41, 5.74) is 3.93. The number of ether oxygens (including phenoxy) is 1. The molecule has 0 bridgehead atoms. The molecule has 2 heterocycles. The molecule has 0 aliphatic carbocycles. The maximum atomic E-state index is 5.52. The highest BCUT2D eigenvalue weighted by atomic mass is 32.1. The third kappa shape index (κ3) is 4.56. The van der Waals surface area contributed by atoms with E-state index in [4.69, 9.17) is 17.0 Å². The van der Waals surface area contributed by atoms with Crippen LogP contribution in [0.4, 0.5) is 0 Å². The molecule has 2 rings (SSSR count). The van der Waals surface area contributed by atoms with Crippen LogP contribution in [0.5, 0.6) is 0 Å². The van der Waals surface area contributed by atoms with E-state index in [9.17, 15) is 0 Å². The van der Waals surface area contributed by atoms with E-state index in [1.54, 1.807) is 11.3 Å². The Kier molecular flexibility index (Phi) is 5.75. The average molecular weight is 297 g/mol. The summed E-state index contributed by atoms with van der Waals surface area (Å²) in [5.74, 6) is 0. The molecule has 1 aliphatic rings. The molecule has 0 unspecified atom stereocenters. The highest BCUT2D eigenvalue weighted by Crippen LogP contribution is 2.12. The van der Waals surface area contributed by atoms with Crippen molar-refractivity contribution in [2.24, 2.45) is 5.10 Å². The van der Waals surface area contributed by atoms with Gasteiger partial charge in [-0.3, -0.25) is 5.43 Å².